The molecular formula is C16H15F2NO6S. The summed E-state index contributed by atoms with van der Waals surface area (Å²) in [6.45, 7) is 0.521. The first-order valence-corrected chi connectivity index (χ1v) is 8.78. The Morgan fingerprint density at radius 3 is 2.38 bits per heavy atom. The third kappa shape index (κ3) is 4.66. The normalized spacial score (nSPS) is 11.6. The number of alkyl halides is 2. The summed E-state index contributed by atoms with van der Waals surface area (Å²) in [4.78, 5) is 9.88. The summed E-state index contributed by atoms with van der Waals surface area (Å²) in [7, 11) is -4.50. The zero-order chi connectivity index (χ0) is 19.5. The van der Waals surface area contributed by atoms with Gasteiger partial charge < -0.3 is 8.92 Å². The number of nitro groups is 1. The molecule has 0 heterocycles. The molecule has 140 valence electrons. The molecule has 0 fully saturated rings. The second kappa shape index (κ2) is 7.65. The van der Waals surface area contributed by atoms with Crippen molar-refractivity contribution >= 4 is 15.8 Å². The number of nitrogens with zero attached hydrogens (tertiary/aromatic N) is 1. The monoisotopic (exact) mass is 387 g/mol. The summed E-state index contributed by atoms with van der Waals surface area (Å²) >= 11 is 0. The minimum atomic E-state index is -4.50. The van der Waals surface area contributed by atoms with Gasteiger partial charge in [0.25, 0.3) is 0 Å². The molecule has 0 aliphatic carbocycles. The zero-order valence-electron chi connectivity index (χ0n) is 13.8. The number of nitro benzene ring substituents is 1. The van der Waals surface area contributed by atoms with Gasteiger partial charge in [-0.1, -0.05) is 26.0 Å². The second-order valence-electron chi connectivity index (χ2n) is 5.53. The molecule has 0 N–H and O–H groups in total. The Hall–Kier alpha value is -2.75. The van der Waals surface area contributed by atoms with Crippen molar-refractivity contribution in [2.24, 2.45) is 0 Å². The van der Waals surface area contributed by atoms with Gasteiger partial charge in [-0.3, -0.25) is 10.1 Å². The van der Waals surface area contributed by atoms with E-state index in [0.29, 0.717) is 5.56 Å². The second-order valence-corrected chi connectivity index (χ2v) is 7.08. The van der Waals surface area contributed by atoms with Crippen molar-refractivity contribution in [3.8, 4) is 11.5 Å². The van der Waals surface area contributed by atoms with Crippen LogP contribution in [-0.4, -0.2) is 20.0 Å². The van der Waals surface area contributed by atoms with E-state index in [1.807, 2.05) is 13.8 Å². The first-order valence-electron chi connectivity index (χ1n) is 7.38. The lowest BCUT2D eigenvalue weighted by Gasteiger charge is -2.11. The Bertz CT molecular complexity index is 915. The van der Waals surface area contributed by atoms with E-state index in [0.717, 1.165) is 24.3 Å². The summed E-state index contributed by atoms with van der Waals surface area (Å²) in [5.74, 6) is -0.861. The van der Waals surface area contributed by atoms with Gasteiger partial charge in [-0.05, 0) is 29.7 Å². The maximum absolute atomic E-state index is 12.4. The number of hydrogen-bond acceptors (Lipinski definition) is 6. The van der Waals surface area contributed by atoms with Crippen LogP contribution in [0.25, 0.3) is 0 Å². The Morgan fingerprint density at radius 2 is 1.81 bits per heavy atom. The number of benzene rings is 2. The van der Waals surface area contributed by atoms with E-state index < -0.39 is 38.0 Å². The number of hydrogen-bond donors (Lipinski definition) is 0. The third-order valence-electron chi connectivity index (χ3n) is 3.37. The molecule has 10 heteroatoms. The van der Waals surface area contributed by atoms with Crippen LogP contribution in [-0.2, 0) is 10.1 Å². The molecule has 0 saturated heterocycles. The molecule has 0 bridgehead atoms. The summed E-state index contributed by atoms with van der Waals surface area (Å²) in [6.07, 6.45) is 0. The van der Waals surface area contributed by atoms with Gasteiger partial charge in [0.05, 0.1) is 4.92 Å². The van der Waals surface area contributed by atoms with Crippen LogP contribution in [0.3, 0.4) is 0 Å². The SMILES string of the molecule is CC(C)c1ccc([N+](=O)[O-])c(OS(=O)(=O)c2cccc(OC(F)F)c2)c1. The maximum Gasteiger partial charge on any atom is 0.387 e. The Labute approximate surface area is 148 Å². The quantitative estimate of drug-likeness (QED) is 0.403. The molecule has 2 rings (SSSR count). The smallest absolute Gasteiger partial charge is 0.387 e. The first kappa shape index (κ1) is 19.6. The van der Waals surface area contributed by atoms with Crippen LogP contribution in [0.5, 0.6) is 11.5 Å². The molecule has 0 unspecified atom stereocenters. The predicted octanol–water partition coefficient (Wildman–Crippen LogP) is 4.09. The molecule has 0 amide bonds. The Balaban J connectivity index is 2.43. The van der Waals surface area contributed by atoms with Gasteiger partial charge in [-0.15, -0.1) is 0 Å². The van der Waals surface area contributed by atoms with E-state index in [9.17, 15) is 27.3 Å². The molecule has 0 spiro atoms. The van der Waals surface area contributed by atoms with E-state index >= 15 is 0 Å². The summed E-state index contributed by atoms with van der Waals surface area (Å²) < 4.78 is 58.4. The molecule has 2 aromatic carbocycles. The molecule has 0 radical (unpaired) electrons. The highest BCUT2D eigenvalue weighted by Crippen LogP contribution is 2.33. The van der Waals surface area contributed by atoms with Gasteiger partial charge in [-0.25, -0.2) is 0 Å². The average molecular weight is 387 g/mol. The highest BCUT2D eigenvalue weighted by atomic mass is 32.2. The van der Waals surface area contributed by atoms with Gasteiger partial charge in [-0.2, -0.15) is 17.2 Å². The van der Waals surface area contributed by atoms with E-state index in [4.69, 9.17) is 4.18 Å². The molecule has 0 aliphatic heterocycles. The molecule has 26 heavy (non-hydrogen) atoms. The summed E-state index contributed by atoms with van der Waals surface area (Å²) in [6, 6.07) is 8.20. The molecule has 2 aromatic rings. The van der Waals surface area contributed by atoms with Crippen molar-refractivity contribution in [1.29, 1.82) is 0 Å². The van der Waals surface area contributed by atoms with Gasteiger partial charge in [0.15, 0.2) is 0 Å². The topological polar surface area (TPSA) is 95.7 Å². The molecular weight excluding hydrogens is 372 g/mol. The van der Waals surface area contributed by atoms with Crippen molar-refractivity contribution in [2.45, 2.75) is 31.3 Å². The first-order chi connectivity index (χ1) is 12.1. The van der Waals surface area contributed by atoms with E-state index in [2.05, 4.69) is 4.74 Å². The predicted molar refractivity (Wildman–Crippen MR) is 88.1 cm³/mol. The van der Waals surface area contributed by atoms with E-state index in [-0.39, 0.29) is 11.7 Å². The zero-order valence-corrected chi connectivity index (χ0v) is 14.6. The fourth-order valence-corrected chi connectivity index (χ4v) is 3.05. The van der Waals surface area contributed by atoms with Crippen molar-refractivity contribution in [2.75, 3.05) is 0 Å². The average Bonchev–Trinajstić information content (AvgIpc) is 2.53. The summed E-state index contributed by atoms with van der Waals surface area (Å²) in [5.41, 5.74) is 0.105. The van der Waals surface area contributed by atoms with Crippen molar-refractivity contribution in [3.63, 3.8) is 0 Å². The van der Waals surface area contributed by atoms with Crippen molar-refractivity contribution in [3.05, 3.63) is 58.1 Å². The minimum absolute atomic E-state index is 0.0244. The maximum atomic E-state index is 12.4. The molecule has 7 nitrogen and oxygen atoms in total. The van der Waals surface area contributed by atoms with Crippen LogP contribution in [0.15, 0.2) is 47.4 Å². The Morgan fingerprint density at radius 1 is 1.12 bits per heavy atom. The fourth-order valence-electron chi connectivity index (χ4n) is 2.08. The van der Waals surface area contributed by atoms with E-state index in [1.54, 1.807) is 0 Å². The Kier molecular flexibility index (Phi) is 5.76. The van der Waals surface area contributed by atoms with Crippen LogP contribution in [0, 0.1) is 10.1 Å². The van der Waals surface area contributed by atoms with Gasteiger partial charge in [0.1, 0.15) is 10.6 Å². The highest BCUT2D eigenvalue weighted by Gasteiger charge is 2.25. The van der Waals surface area contributed by atoms with Gasteiger partial charge in [0.2, 0.25) is 5.75 Å². The number of ether oxygens (including phenoxy) is 1. The molecule has 0 saturated carbocycles. The molecule has 0 atom stereocenters. The lowest BCUT2D eigenvalue weighted by atomic mass is 10.0. The minimum Gasteiger partial charge on any atom is -0.435 e. The highest BCUT2D eigenvalue weighted by molar-refractivity contribution is 7.87. The third-order valence-corrected chi connectivity index (χ3v) is 4.60. The largest absolute Gasteiger partial charge is 0.435 e. The van der Waals surface area contributed by atoms with Crippen LogP contribution in [0.2, 0.25) is 0 Å². The van der Waals surface area contributed by atoms with Crippen LogP contribution >= 0.6 is 0 Å². The van der Waals surface area contributed by atoms with Crippen LogP contribution < -0.4 is 8.92 Å². The van der Waals surface area contributed by atoms with Crippen molar-refractivity contribution in [1.82, 2.24) is 0 Å². The van der Waals surface area contributed by atoms with Gasteiger partial charge in [0, 0.05) is 12.1 Å². The molecule has 0 aromatic heterocycles. The standard InChI is InChI=1S/C16H15F2NO6S/c1-10(2)11-6-7-14(19(20)21)15(8-11)25-26(22,23)13-5-3-4-12(9-13)24-16(17)18/h3-10,16H,1-2H3. The molecule has 0 aliphatic rings. The van der Waals surface area contributed by atoms with E-state index in [1.165, 1.54) is 18.2 Å². The van der Waals surface area contributed by atoms with Crippen molar-refractivity contribution < 1.29 is 31.0 Å². The lowest BCUT2D eigenvalue weighted by Crippen LogP contribution is -2.12. The number of rotatable bonds is 7. The number of halogens is 2. The van der Waals surface area contributed by atoms with Crippen LogP contribution in [0.1, 0.15) is 25.3 Å². The fraction of sp³-hybridized carbons (Fsp3) is 0.250. The van der Waals surface area contributed by atoms with Gasteiger partial charge >= 0.3 is 22.4 Å². The summed E-state index contributed by atoms with van der Waals surface area (Å²) in [5, 5.41) is 11.1. The van der Waals surface area contributed by atoms with Crippen LogP contribution in [0.4, 0.5) is 14.5 Å². The lowest BCUT2D eigenvalue weighted by molar-refractivity contribution is -0.385.